The summed E-state index contributed by atoms with van der Waals surface area (Å²) in [6.07, 6.45) is -0.125. The summed E-state index contributed by atoms with van der Waals surface area (Å²) < 4.78 is 52.1. The molecule has 0 bridgehead atoms. The lowest BCUT2D eigenvalue weighted by Gasteiger charge is -2.39. The van der Waals surface area contributed by atoms with Crippen LogP contribution in [-0.4, -0.2) is 11.5 Å². The fraction of sp³-hybridized carbons (Fsp3) is 0.190. The first kappa shape index (κ1) is 17.5. The Kier molecular flexibility index (Phi) is 4.34. The number of hydrogen-bond donors (Lipinski definition) is 0. The first-order valence-corrected chi connectivity index (χ1v) is 8.55. The first-order valence-electron chi connectivity index (χ1n) is 8.55. The van der Waals surface area contributed by atoms with Crippen LogP contribution in [0.25, 0.3) is 0 Å². The summed E-state index contributed by atoms with van der Waals surface area (Å²) in [4.78, 5) is 6.25. The molecule has 0 spiro atoms. The van der Waals surface area contributed by atoms with Crippen molar-refractivity contribution in [3.05, 3.63) is 95.1 Å². The maximum Gasteiger partial charge on any atom is 0.416 e. The van der Waals surface area contributed by atoms with Crippen molar-refractivity contribution in [3.63, 3.8) is 0 Å². The van der Waals surface area contributed by atoms with Crippen LogP contribution in [0.5, 0.6) is 0 Å². The molecule has 4 rings (SSSR count). The number of nitrogens with zero attached hydrogens (tertiary/aromatic N) is 2. The standard InChI is InChI=1S/C21H16F4N2/c22-17-5-7-18(8-6-17)27-12-10-15-13-26-11-9-19(15)20(27)14-1-3-16(4-2-14)21(23,24)25/h1-9,11,13,20H,10,12H2. The molecule has 6 heteroatoms. The minimum atomic E-state index is -4.37. The van der Waals surface area contributed by atoms with E-state index >= 15 is 0 Å². The maximum absolute atomic E-state index is 13.3. The predicted octanol–water partition coefficient (Wildman–Crippen LogP) is 5.39. The van der Waals surface area contributed by atoms with Crippen LogP contribution in [0.3, 0.4) is 0 Å². The van der Waals surface area contributed by atoms with Gasteiger partial charge in [0.15, 0.2) is 0 Å². The molecule has 1 aliphatic rings. The summed E-state index contributed by atoms with van der Waals surface area (Å²) in [6, 6.07) is 13.0. The van der Waals surface area contributed by atoms with Crippen molar-refractivity contribution in [3.8, 4) is 0 Å². The molecule has 1 atom stereocenters. The van der Waals surface area contributed by atoms with E-state index in [0.717, 1.165) is 40.9 Å². The minimum absolute atomic E-state index is 0.260. The van der Waals surface area contributed by atoms with Gasteiger partial charge < -0.3 is 4.90 Å². The van der Waals surface area contributed by atoms with Crippen LogP contribution in [-0.2, 0) is 12.6 Å². The van der Waals surface area contributed by atoms with Gasteiger partial charge in [-0.3, -0.25) is 4.98 Å². The lowest BCUT2D eigenvalue weighted by Crippen LogP contribution is -2.36. The quantitative estimate of drug-likeness (QED) is 0.561. The van der Waals surface area contributed by atoms with E-state index in [2.05, 4.69) is 9.88 Å². The number of hydrogen-bond acceptors (Lipinski definition) is 2. The number of rotatable bonds is 2. The van der Waals surface area contributed by atoms with Gasteiger partial charge in [-0.2, -0.15) is 13.2 Å². The molecule has 1 aliphatic heterocycles. The van der Waals surface area contributed by atoms with Gasteiger partial charge in [0.05, 0.1) is 11.6 Å². The highest BCUT2D eigenvalue weighted by molar-refractivity contribution is 5.55. The molecular weight excluding hydrogens is 356 g/mol. The van der Waals surface area contributed by atoms with Gasteiger partial charge in [0.1, 0.15) is 5.82 Å². The van der Waals surface area contributed by atoms with Crippen LogP contribution >= 0.6 is 0 Å². The van der Waals surface area contributed by atoms with Gasteiger partial charge in [-0.1, -0.05) is 12.1 Å². The van der Waals surface area contributed by atoms with E-state index in [1.807, 2.05) is 6.07 Å². The fourth-order valence-electron chi connectivity index (χ4n) is 3.58. The molecule has 2 heterocycles. The zero-order valence-corrected chi connectivity index (χ0v) is 14.2. The second kappa shape index (κ2) is 6.68. The molecule has 0 saturated heterocycles. The minimum Gasteiger partial charge on any atom is -0.360 e. The Balaban J connectivity index is 1.80. The summed E-state index contributed by atoms with van der Waals surface area (Å²) in [5, 5.41) is 0. The monoisotopic (exact) mass is 372 g/mol. The van der Waals surface area contributed by atoms with E-state index in [0.29, 0.717) is 6.54 Å². The van der Waals surface area contributed by atoms with Crippen molar-refractivity contribution in [1.82, 2.24) is 4.98 Å². The SMILES string of the molecule is Fc1ccc(N2CCc3cnccc3C2c2ccc(C(F)(F)F)cc2)cc1. The lowest BCUT2D eigenvalue weighted by atomic mass is 9.88. The van der Waals surface area contributed by atoms with Crippen LogP contribution in [0.15, 0.2) is 67.0 Å². The van der Waals surface area contributed by atoms with E-state index in [-0.39, 0.29) is 11.9 Å². The van der Waals surface area contributed by atoms with E-state index < -0.39 is 11.7 Å². The van der Waals surface area contributed by atoms with Gasteiger partial charge in [0.2, 0.25) is 0 Å². The van der Waals surface area contributed by atoms with Crippen molar-refractivity contribution in [2.24, 2.45) is 0 Å². The van der Waals surface area contributed by atoms with Crippen LogP contribution < -0.4 is 4.90 Å². The van der Waals surface area contributed by atoms with Crippen molar-refractivity contribution in [2.75, 3.05) is 11.4 Å². The van der Waals surface area contributed by atoms with Crippen molar-refractivity contribution >= 4 is 5.69 Å². The number of alkyl halides is 3. The average molecular weight is 372 g/mol. The highest BCUT2D eigenvalue weighted by atomic mass is 19.4. The third kappa shape index (κ3) is 3.39. The third-order valence-electron chi connectivity index (χ3n) is 4.88. The number of aromatic nitrogens is 1. The van der Waals surface area contributed by atoms with Gasteiger partial charge >= 0.3 is 6.18 Å². The van der Waals surface area contributed by atoms with Gasteiger partial charge in [0.25, 0.3) is 0 Å². The molecule has 138 valence electrons. The van der Waals surface area contributed by atoms with Crippen LogP contribution in [0.2, 0.25) is 0 Å². The molecule has 0 fully saturated rings. The maximum atomic E-state index is 13.3. The highest BCUT2D eigenvalue weighted by Crippen LogP contribution is 2.39. The Hall–Kier alpha value is -2.89. The number of benzene rings is 2. The first-order chi connectivity index (χ1) is 12.9. The molecule has 0 N–H and O–H groups in total. The van der Waals surface area contributed by atoms with Gasteiger partial charge in [-0.05, 0) is 65.6 Å². The van der Waals surface area contributed by atoms with Crippen LogP contribution in [0.1, 0.15) is 28.3 Å². The molecule has 0 aliphatic carbocycles. The van der Waals surface area contributed by atoms with E-state index in [9.17, 15) is 17.6 Å². The zero-order valence-electron chi connectivity index (χ0n) is 14.2. The van der Waals surface area contributed by atoms with Crippen molar-refractivity contribution < 1.29 is 17.6 Å². The van der Waals surface area contributed by atoms with Gasteiger partial charge in [-0.15, -0.1) is 0 Å². The molecule has 0 radical (unpaired) electrons. The largest absolute Gasteiger partial charge is 0.416 e. The Labute approximate surface area is 154 Å². The lowest BCUT2D eigenvalue weighted by molar-refractivity contribution is -0.137. The molecule has 1 unspecified atom stereocenters. The molecular formula is C21H16F4N2. The Bertz CT molecular complexity index is 934. The fourth-order valence-corrected chi connectivity index (χ4v) is 3.58. The second-order valence-electron chi connectivity index (χ2n) is 6.52. The van der Waals surface area contributed by atoms with Crippen LogP contribution in [0.4, 0.5) is 23.2 Å². The Morgan fingerprint density at radius 3 is 2.30 bits per heavy atom. The number of fused-ring (bicyclic) bond motifs is 1. The Morgan fingerprint density at radius 1 is 0.926 bits per heavy atom. The summed E-state index contributed by atoms with van der Waals surface area (Å²) >= 11 is 0. The van der Waals surface area contributed by atoms with E-state index in [1.165, 1.54) is 24.3 Å². The van der Waals surface area contributed by atoms with E-state index in [4.69, 9.17) is 0 Å². The second-order valence-corrected chi connectivity index (χ2v) is 6.52. The molecule has 3 aromatic rings. The average Bonchev–Trinajstić information content (AvgIpc) is 2.67. The smallest absolute Gasteiger partial charge is 0.360 e. The molecule has 2 aromatic carbocycles. The summed E-state index contributed by atoms with van der Waals surface area (Å²) in [5.74, 6) is -0.327. The number of anilines is 1. The van der Waals surface area contributed by atoms with E-state index in [1.54, 1.807) is 24.5 Å². The zero-order chi connectivity index (χ0) is 19.0. The van der Waals surface area contributed by atoms with Crippen LogP contribution in [0, 0.1) is 5.82 Å². The highest BCUT2D eigenvalue weighted by Gasteiger charge is 2.32. The normalized spacial score (nSPS) is 16.9. The van der Waals surface area contributed by atoms with Gasteiger partial charge in [-0.25, -0.2) is 4.39 Å². The summed E-state index contributed by atoms with van der Waals surface area (Å²) in [6.45, 7) is 0.663. The molecule has 0 amide bonds. The Morgan fingerprint density at radius 2 is 1.63 bits per heavy atom. The summed E-state index contributed by atoms with van der Waals surface area (Å²) in [7, 11) is 0. The molecule has 2 nitrogen and oxygen atoms in total. The summed E-state index contributed by atoms with van der Waals surface area (Å²) in [5.41, 5.74) is 2.97. The topological polar surface area (TPSA) is 16.1 Å². The number of halogens is 4. The third-order valence-corrected chi connectivity index (χ3v) is 4.88. The van der Waals surface area contributed by atoms with Gasteiger partial charge in [0, 0.05) is 24.6 Å². The predicted molar refractivity (Wildman–Crippen MR) is 95.0 cm³/mol. The molecule has 27 heavy (non-hydrogen) atoms. The molecule has 1 aromatic heterocycles. The van der Waals surface area contributed by atoms with Crippen molar-refractivity contribution in [2.45, 2.75) is 18.6 Å². The van der Waals surface area contributed by atoms with Crippen molar-refractivity contribution in [1.29, 1.82) is 0 Å². The molecule has 0 saturated carbocycles. The number of pyridine rings is 1.